The molecule has 2 aromatic heterocycles. The van der Waals surface area contributed by atoms with E-state index in [4.69, 9.17) is 11.6 Å². The number of halogens is 1. The molecular weight excluding hydrogens is 690 g/mol. The average Bonchev–Trinajstić information content (AvgIpc) is 3.90. The van der Waals surface area contributed by atoms with Crippen LogP contribution in [-0.4, -0.2) is 88.0 Å². The highest BCUT2D eigenvalue weighted by Crippen LogP contribution is 2.37. The molecule has 11 nitrogen and oxygen atoms in total. The van der Waals surface area contributed by atoms with Crippen molar-refractivity contribution in [1.82, 2.24) is 35.2 Å². The Bertz CT molecular complexity index is 2060. The molecule has 2 fully saturated rings. The van der Waals surface area contributed by atoms with Crippen molar-refractivity contribution in [1.29, 1.82) is 0 Å². The van der Waals surface area contributed by atoms with Gasteiger partial charge in [0, 0.05) is 68.0 Å². The Morgan fingerprint density at radius 1 is 0.906 bits per heavy atom. The van der Waals surface area contributed by atoms with Crippen LogP contribution in [0.25, 0.3) is 22.2 Å². The lowest BCUT2D eigenvalue weighted by Gasteiger charge is -2.39. The van der Waals surface area contributed by atoms with Gasteiger partial charge in [-0.3, -0.25) is 23.9 Å². The van der Waals surface area contributed by atoms with Crippen LogP contribution in [0.4, 0.5) is 0 Å². The summed E-state index contributed by atoms with van der Waals surface area (Å²) in [5, 5.41) is 11.3. The van der Waals surface area contributed by atoms with Crippen molar-refractivity contribution in [2.45, 2.75) is 26.2 Å². The van der Waals surface area contributed by atoms with E-state index in [1.54, 1.807) is 33.7 Å². The van der Waals surface area contributed by atoms with Crippen molar-refractivity contribution in [3.8, 4) is 11.3 Å². The van der Waals surface area contributed by atoms with Crippen LogP contribution in [0.5, 0.6) is 0 Å². The molecule has 0 aliphatic carbocycles. The molecule has 3 aromatic carbocycles. The van der Waals surface area contributed by atoms with Crippen LogP contribution in [0, 0.1) is 17.8 Å². The predicted octanol–water partition coefficient (Wildman–Crippen LogP) is 5.11. The fraction of sp³-hybridized carbons (Fsp3) is 0.341. The number of hydrogen-bond donors (Lipinski definition) is 3. The van der Waals surface area contributed by atoms with Gasteiger partial charge in [0.05, 0.1) is 24.6 Å². The van der Waals surface area contributed by atoms with E-state index in [1.807, 2.05) is 48.7 Å². The lowest BCUT2D eigenvalue weighted by Crippen LogP contribution is -2.54. The number of likely N-dealkylation sites (tertiary alicyclic amines) is 2. The minimum absolute atomic E-state index is 0.101. The first-order valence-corrected chi connectivity index (χ1v) is 18.5. The standard InChI is InChI=1S/C32H34ClN7O4.C9H12/c1-34-29(41)14-36-31(43)25-18-39(30(42)10-20-13-35-27-11-22(33)8-9-23(20)27)15-21-16-40(17-24(21)25)32(44)28-12-26(37-38(28)2)19-6-4-3-5-7-19;1-2-6-9-7-4-3-5-8-9/h3-9,11-13,21,24-25,35H,10,14-18H2,1-2H3,(H,34,41)(H,36,43);3-5,7-8H,2,6H2,1H3. The van der Waals surface area contributed by atoms with E-state index >= 15 is 0 Å². The molecule has 4 heterocycles. The Morgan fingerprint density at radius 2 is 1.62 bits per heavy atom. The predicted molar refractivity (Wildman–Crippen MR) is 206 cm³/mol. The summed E-state index contributed by atoms with van der Waals surface area (Å²) < 4.78 is 1.59. The van der Waals surface area contributed by atoms with E-state index < -0.39 is 5.92 Å². The maximum absolute atomic E-state index is 13.8. The Labute approximate surface area is 314 Å². The van der Waals surface area contributed by atoms with Gasteiger partial charge in [-0.1, -0.05) is 91.7 Å². The van der Waals surface area contributed by atoms with E-state index in [9.17, 15) is 19.2 Å². The molecule has 276 valence electrons. The number of nitrogens with one attached hydrogen (secondary N) is 3. The Balaban J connectivity index is 0.000000468. The number of hydrogen-bond acceptors (Lipinski definition) is 5. The van der Waals surface area contributed by atoms with E-state index in [2.05, 4.69) is 58.0 Å². The molecule has 2 aliphatic rings. The third-order valence-electron chi connectivity index (χ3n) is 10.2. The molecule has 3 unspecified atom stereocenters. The van der Waals surface area contributed by atoms with E-state index in [-0.39, 0.29) is 55.0 Å². The van der Waals surface area contributed by atoms with Crippen LogP contribution in [0.3, 0.4) is 0 Å². The van der Waals surface area contributed by atoms with Crippen molar-refractivity contribution in [3.63, 3.8) is 0 Å². The molecule has 12 heteroatoms. The molecule has 0 radical (unpaired) electrons. The maximum atomic E-state index is 13.8. The number of piperidine rings is 1. The molecule has 0 saturated carbocycles. The smallest absolute Gasteiger partial charge is 0.272 e. The SMILES string of the molecule is CCCc1ccccc1.CNC(=O)CNC(=O)C1CN(C(=O)Cc2c[nH]c3cc(Cl)ccc23)CC2CN(C(=O)c3cc(-c4ccccc4)nn3C)CC21. The summed E-state index contributed by atoms with van der Waals surface area (Å²) in [4.78, 5) is 59.4. The second-order valence-corrected chi connectivity index (χ2v) is 14.2. The van der Waals surface area contributed by atoms with Gasteiger partial charge < -0.3 is 25.4 Å². The minimum atomic E-state index is -0.576. The Morgan fingerprint density at radius 3 is 2.34 bits per heavy atom. The molecule has 7 rings (SSSR count). The molecule has 5 aromatic rings. The van der Waals surface area contributed by atoms with Gasteiger partial charge in [-0.25, -0.2) is 0 Å². The fourth-order valence-electron chi connectivity index (χ4n) is 7.40. The molecule has 4 amide bonds. The number of nitrogens with zero attached hydrogens (tertiary/aromatic N) is 4. The van der Waals surface area contributed by atoms with Crippen LogP contribution >= 0.6 is 11.6 Å². The molecule has 0 spiro atoms. The second kappa shape index (κ2) is 16.9. The minimum Gasteiger partial charge on any atom is -0.361 e. The topological polar surface area (TPSA) is 132 Å². The van der Waals surface area contributed by atoms with Gasteiger partial charge in [-0.15, -0.1) is 0 Å². The second-order valence-electron chi connectivity index (χ2n) is 13.8. The van der Waals surface area contributed by atoms with Crippen molar-refractivity contribution in [3.05, 3.63) is 113 Å². The first-order chi connectivity index (χ1) is 25.6. The summed E-state index contributed by atoms with van der Waals surface area (Å²) in [5.74, 6) is -1.73. The highest BCUT2D eigenvalue weighted by atomic mass is 35.5. The molecule has 3 atom stereocenters. The summed E-state index contributed by atoms with van der Waals surface area (Å²) in [7, 11) is 3.25. The van der Waals surface area contributed by atoms with Crippen LogP contribution in [0.1, 0.15) is 35.0 Å². The van der Waals surface area contributed by atoms with Crippen molar-refractivity contribution in [2.75, 3.05) is 39.8 Å². The zero-order valence-corrected chi connectivity index (χ0v) is 31.1. The fourth-order valence-corrected chi connectivity index (χ4v) is 7.57. The Hall–Kier alpha value is -5.42. The van der Waals surface area contributed by atoms with Gasteiger partial charge >= 0.3 is 0 Å². The van der Waals surface area contributed by atoms with Crippen molar-refractivity contribution in [2.24, 2.45) is 24.8 Å². The number of aromatic nitrogens is 3. The normalized spacial score (nSPS) is 17.8. The van der Waals surface area contributed by atoms with Gasteiger partial charge in [0.15, 0.2) is 0 Å². The molecule has 53 heavy (non-hydrogen) atoms. The number of carbonyl (C=O) groups excluding carboxylic acids is 4. The third kappa shape index (κ3) is 8.80. The van der Waals surface area contributed by atoms with Gasteiger partial charge in [0.2, 0.25) is 17.7 Å². The van der Waals surface area contributed by atoms with Gasteiger partial charge in [0.25, 0.3) is 5.91 Å². The van der Waals surface area contributed by atoms with Crippen LogP contribution in [0.15, 0.2) is 91.1 Å². The number of likely N-dealkylation sites (N-methyl/N-ethyl adjacent to an activating group) is 1. The van der Waals surface area contributed by atoms with Crippen LogP contribution in [0.2, 0.25) is 5.02 Å². The average molecular weight is 736 g/mol. The number of rotatable bonds is 9. The summed E-state index contributed by atoms with van der Waals surface area (Å²) in [6.45, 7) is 3.46. The molecule has 2 saturated heterocycles. The lowest BCUT2D eigenvalue weighted by atomic mass is 9.79. The molecule has 3 N–H and O–H groups in total. The van der Waals surface area contributed by atoms with E-state index in [1.165, 1.54) is 25.5 Å². The number of benzene rings is 3. The molecule has 2 aliphatic heterocycles. The summed E-state index contributed by atoms with van der Waals surface area (Å²) in [5.41, 5.74) is 5.21. The molecule has 0 bridgehead atoms. The first kappa shape index (κ1) is 37.3. The number of H-pyrrole nitrogens is 1. The number of amides is 4. The van der Waals surface area contributed by atoms with Crippen molar-refractivity contribution < 1.29 is 19.2 Å². The van der Waals surface area contributed by atoms with Gasteiger partial charge in [0.1, 0.15) is 5.69 Å². The monoisotopic (exact) mass is 735 g/mol. The quantitative estimate of drug-likeness (QED) is 0.194. The van der Waals surface area contributed by atoms with E-state index in [0.717, 1.165) is 22.0 Å². The van der Waals surface area contributed by atoms with E-state index in [0.29, 0.717) is 36.0 Å². The first-order valence-electron chi connectivity index (χ1n) is 18.1. The van der Waals surface area contributed by atoms with Gasteiger partial charge in [-0.05, 0) is 47.6 Å². The van der Waals surface area contributed by atoms with Crippen LogP contribution in [-0.2, 0) is 34.3 Å². The lowest BCUT2D eigenvalue weighted by molar-refractivity contribution is -0.139. The summed E-state index contributed by atoms with van der Waals surface area (Å²) in [6.07, 6.45) is 4.42. The maximum Gasteiger partial charge on any atom is 0.272 e. The zero-order chi connectivity index (χ0) is 37.5. The number of aromatic amines is 1. The zero-order valence-electron chi connectivity index (χ0n) is 30.3. The third-order valence-corrected chi connectivity index (χ3v) is 10.4. The number of fused-ring (bicyclic) bond motifs is 2. The summed E-state index contributed by atoms with van der Waals surface area (Å²) >= 11 is 6.13. The van der Waals surface area contributed by atoms with Crippen LogP contribution < -0.4 is 10.6 Å². The number of carbonyl (C=O) groups is 4. The van der Waals surface area contributed by atoms with Crippen molar-refractivity contribution >= 4 is 46.1 Å². The largest absolute Gasteiger partial charge is 0.361 e. The Kier molecular flexibility index (Phi) is 11.9. The highest BCUT2D eigenvalue weighted by molar-refractivity contribution is 6.31. The van der Waals surface area contributed by atoms with Gasteiger partial charge in [-0.2, -0.15) is 5.10 Å². The highest BCUT2D eigenvalue weighted by Gasteiger charge is 2.48. The summed E-state index contributed by atoms with van der Waals surface area (Å²) in [6, 6.07) is 27.5. The number of aryl methyl sites for hydroxylation is 2. The molecular formula is C41H46ClN7O4.